The molecule has 0 radical (unpaired) electrons. The lowest BCUT2D eigenvalue weighted by Crippen LogP contribution is -1.90. The van der Waals surface area contributed by atoms with Gasteiger partial charge in [-0.1, -0.05) is 11.6 Å². The summed E-state index contributed by atoms with van der Waals surface area (Å²) < 4.78 is 0. The smallest absolute Gasteiger partial charge is 0.179 e. The van der Waals surface area contributed by atoms with E-state index < -0.39 is 0 Å². The number of hydrogen-bond donors (Lipinski definition) is 0. The van der Waals surface area contributed by atoms with Gasteiger partial charge in [0.1, 0.15) is 17.2 Å². The summed E-state index contributed by atoms with van der Waals surface area (Å²) in [6.45, 7) is 0. The normalized spacial score (nSPS) is 9.92. The second-order valence-corrected chi connectivity index (χ2v) is 2.68. The van der Waals surface area contributed by atoms with Gasteiger partial charge in [0, 0.05) is 12.4 Å². The maximum Gasteiger partial charge on any atom is 0.179 e. The fourth-order valence-electron chi connectivity index (χ4n) is 0.883. The van der Waals surface area contributed by atoms with Crippen LogP contribution in [-0.4, -0.2) is 19.9 Å². The van der Waals surface area contributed by atoms with E-state index in [1.54, 1.807) is 24.5 Å². The van der Waals surface area contributed by atoms with Crippen LogP contribution in [0.5, 0.6) is 0 Å². The van der Waals surface area contributed by atoms with E-state index in [4.69, 9.17) is 11.6 Å². The fourth-order valence-corrected chi connectivity index (χ4v) is 1.02. The van der Waals surface area contributed by atoms with Gasteiger partial charge < -0.3 is 0 Å². The van der Waals surface area contributed by atoms with Crippen molar-refractivity contribution >= 4 is 11.6 Å². The van der Waals surface area contributed by atoms with Crippen molar-refractivity contribution in [1.82, 2.24) is 19.9 Å². The Labute approximate surface area is 79.7 Å². The molecule has 0 aliphatic heterocycles. The van der Waals surface area contributed by atoms with E-state index in [9.17, 15) is 0 Å². The Kier molecular flexibility index (Phi) is 2.14. The van der Waals surface area contributed by atoms with Crippen LogP contribution in [-0.2, 0) is 0 Å². The van der Waals surface area contributed by atoms with Gasteiger partial charge in [0.15, 0.2) is 5.82 Å². The first-order chi connectivity index (χ1) is 6.36. The van der Waals surface area contributed by atoms with Gasteiger partial charge in [-0.2, -0.15) is 0 Å². The maximum atomic E-state index is 5.70. The zero-order chi connectivity index (χ0) is 9.10. The van der Waals surface area contributed by atoms with Crippen molar-refractivity contribution in [3.63, 3.8) is 0 Å². The second-order valence-electron chi connectivity index (χ2n) is 2.30. The van der Waals surface area contributed by atoms with Crippen LogP contribution < -0.4 is 0 Å². The largest absolute Gasteiger partial charge is 0.245 e. The van der Waals surface area contributed by atoms with E-state index in [1.165, 1.54) is 6.33 Å². The zero-order valence-electron chi connectivity index (χ0n) is 6.55. The summed E-state index contributed by atoms with van der Waals surface area (Å²) in [6.07, 6.45) is 4.67. The Hall–Kier alpha value is -1.55. The van der Waals surface area contributed by atoms with Gasteiger partial charge in [0.05, 0.1) is 0 Å². The highest BCUT2D eigenvalue weighted by Crippen LogP contribution is 2.11. The molecular weight excluding hydrogens is 188 g/mol. The third-order valence-electron chi connectivity index (χ3n) is 1.43. The van der Waals surface area contributed by atoms with Crippen LogP contribution in [0.3, 0.4) is 0 Å². The standard InChI is InChI=1S/C8H5ClN4/c9-7-2-4-11-8(13-7)6-1-3-10-5-12-6/h1-5H. The summed E-state index contributed by atoms with van der Waals surface area (Å²) in [4.78, 5) is 15.8. The van der Waals surface area contributed by atoms with Gasteiger partial charge in [-0.05, 0) is 12.1 Å². The molecule has 2 heterocycles. The second kappa shape index (κ2) is 3.45. The minimum Gasteiger partial charge on any atom is -0.245 e. The van der Waals surface area contributed by atoms with Gasteiger partial charge in [-0.15, -0.1) is 0 Å². The van der Waals surface area contributed by atoms with Crippen molar-refractivity contribution in [2.24, 2.45) is 0 Å². The van der Waals surface area contributed by atoms with Crippen molar-refractivity contribution in [2.75, 3.05) is 0 Å². The molecule has 0 saturated carbocycles. The van der Waals surface area contributed by atoms with Gasteiger partial charge in [-0.3, -0.25) is 0 Å². The summed E-state index contributed by atoms with van der Waals surface area (Å²) in [6, 6.07) is 3.35. The van der Waals surface area contributed by atoms with Crippen molar-refractivity contribution in [3.05, 3.63) is 36.0 Å². The number of halogens is 1. The fraction of sp³-hybridized carbons (Fsp3) is 0. The molecule has 0 atom stereocenters. The Morgan fingerprint density at radius 1 is 1.08 bits per heavy atom. The quantitative estimate of drug-likeness (QED) is 0.644. The molecular formula is C8H5ClN4. The lowest BCUT2D eigenvalue weighted by molar-refractivity contribution is 1.10. The van der Waals surface area contributed by atoms with Crippen molar-refractivity contribution in [2.45, 2.75) is 0 Å². The van der Waals surface area contributed by atoms with E-state index in [-0.39, 0.29) is 0 Å². The molecule has 4 nitrogen and oxygen atoms in total. The Bertz CT molecular complexity index is 404. The first-order valence-corrected chi connectivity index (χ1v) is 3.99. The van der Waals surface area contributed by atoms with Crippen LogP contribution in [0.15, 0.2) is 30.9 Å². The molecule has 2 rings (SSSR count). The van der Waals surface area contributed by atoms with Gasteiger partial charge in [0.2, 0.25) is 0 Å². The summed E-state index contributed by atoms with van der Waals surface area (Å²) in [5, 5.41) is 0.406. The summed E-state index contributed by atoms with van der Waals surface area (Å²) in [7, 11) is 0. The average Bonchev–Trinajstić information content (AvgIpc) is 2.19. The lowest BCUT2D eigenvalue weighted by atomic mass is 10.4. The van der Waals surface area contributed by atoms with Crippen LogP contribution >= 0.6 is 11.6 Å². The number of rotatable bonds is 1. The van der Waals surface area contributed by atoms with Gasteiger partial charge in [0.25, 0.3) is 0 Å². The van der Waals surface area contributed by atoms with Crippen LogP contribution in [0.4, 0.5) is 0 Å². The summed E-state index contributed by atoms with van der Waals surface area (Å²) in [5.41, 5.74) is 0.664. The van der Waals surface area contributed by atoms with Crippen LogP contribution in [0.2, 0.25) is 5.15 Å². The third-order valence-corrected chi connectivity index (χ3v) is 1.64. The minimum absolute atomic E-state index is 0.406. The third kappa shape index (κ3) is 1.78. The maximum absolute atomic E-state index is 5.70. The molecule has 0 unspecified atom stereocenters. The van der Waals surface area contributed by atoms with E-state index in [2.05, 4.69) is 19.9 Å². The molecule has 13 heavy (non-hydrogen) atoms. The van der Waals surface area contributed by atoms with E-state index in [1.807, 2.05) is 0 Å². The molecule has 0 aromatic carbocycles. The molecule has 0 aliphatic carbocycles. The highest BCUT2D eigenvalue weighted by atomic mass is 35.5. The number of aromatic nitrogens is 4. The predicted octanol–water partition coefficient (Wildman–Crippen LogP) is 1.59. The first-order valence-electron chi connectivity index (χ1n) is 3.61. The Balaban J connectivity index is 2.48. The molecule has 0 bridgehead atoms. The van der Waals surface area contributed by atoms with Crippen molar-refractivity contribution < 1.29 is 0 Å². The SMILES string of the molecule is Clc1ccnc(-c2ccncn2)n1. The van der Waals surface area contributed by atoms with Crippen molar-refractivity contribution in [3.8, 4) is 11.5 Å². The highest BCUT2D eigenvalue weighted by Gasteiger charge is 2.01. The Morgan fingerprint density at radius 3 is 2.69 bits per heavy atom. The van der Waals surface area contributed by atoms with E-state index >= 15 is 0 Å². The molecule has 2 aromatic heterocycles. The minimum atomic E-state index is 0.406. The molecule has 0 spiro atoms. The lowest BCUT2D eigenvalue weighted by Gasteiger charge is -1.96. The van der Waals surface area contributed by atoms with Gasteiger partial charge >= 0.3 is 0 Å². The van der Waals surface area contributed by atoms with Crippen molar-refractivity contribution in [1.29, 1.82) is 0 Å². The Morgan fingerprint density at radius 2 is 2.00 bits per heavy atom. The number of hydrogen-bond acceptors (Lipinski definition) is 4. The average molecular weight is 193 g/mol. The van der Waals surface area contributed by atoms with Crippen LogP contribution in [0, 0.1) is 0 Å². The molecule has 0 aliphatic rings. The summed E-state index contributed by atoms with van der Waals surface area (Å²) in [5.74, 6) is 0.509. The predicted molar refractivity (Wildman–Crippen MR) is 48.1 cm³/mol. The summed E-state index contributed by atoms with van der Waals surface area (Å²) >= 11 is 5.70. The zero-order valence-corrected chi connectivity index (χ0v) is 7.31. The number of nitrogens with zero attached hydrogens (tertiary/aromatic N) is 4. The van der Waals surface area contributed by atoms with Crippen LogP contribution in [0.25, 0.3) is 11.5 Å². The highest BCUT2D eigenvalue weighted by molar-refractivity contribution is 6.29. The van der Waals surface area contributed by atoms with E-state index in [0.717, 1.165) is 0 Å². The molecule has 2 aromatic rings. The van der Waals surface area contributed by atoms with E-state index in [0.29, 0.717) is 16.7 Å². The molecule has 0 amide bonds. The first kappa shape index (κ1) is 8.07. The molecule has 64 valence electrons. The topological polar surface area (TPSA) is 51.6 Å². The van der Waals surface area contributed by atoms with Crippen LogP contribution in [0.1, 0.15) is 0 Å². The monoisotopic (exact) mass is 192 g/mol. The molecule has 5 heteroatoms. The molecule has 0 fully saturated rings. The molecule has 0 saturated heterocycles. The molecule has 0 N–H and O–H groups in total. The van der Waals surface area contributed by atoms with Gasteiger partial charge in [-0.25, -0.2) is 19.9 Å².